The first kappa shape index (κ1) is 10.1. The predicted octanol–water partition coefficient (Wildman–Crippen LogP) is 2.73. The Hall–Kier alpha value is -1.13. The number of hydrogen-bond donors (Lipinski definition) is 1. The van der Waals surface area contributed by atoms with Gasteiger partial charge >= 0.3 is 0 Å². The maximum Gasteiger partial charge on any atom is 0.171 e. The van der Waals surface area contributed by atoms with Crippen molar-refractivity contribution in [1.82, 2.24) is 10.5 Å². The van der Waals surface area contributed by atoms with Gasteiger partial charge < -0.3 is 9.84 Å². The van der Waals surface area contributed by atoms with E-state index in [0.29, 0.717) is 0 Å². The van der Waals surface area contributed by atoms with Crippen LogP contribution in [0.3, 0.4) is 0 Å². The van der Waals surface area contributed by atoms with E-state index in [1.165, 1.54) is 16.7 Å². The summed E-state index contributed by atoms with van der Waals surface area (Å²) in [6, 6.07) is 6.18. The summed E-state index contributed by atoms with van der Waals surface area (Å²) in [4.78, 5) is 0. The molecule has 1 aromatic heterocycles. The van der Waals surface area contributed by atoms with Crippen LogP contribution in [0.4, 0.5) is 0 Å². The molecular formula is C12H11BrN2O. The Balaban J connectivity index is 2.13. The van der Waals surface area contributed by atoms with Gasteiger partial charge in [0.15, 0.2) is 5.76 Å². The third-order valence-electron chi connectivity index (χ3n) is 2.93. The van der Waals surface area contributed by atoms with Crippen LogP contribution >= 0.6 is 15.9 Å². The Labute approximate surface area is 102 Å². The highest BCUT2D eigenvalue weighted by atomic mass is 79.9. The number of nitrogens with one attached hydrogen (secondary N) is 1. The lowest BCUT2D eigenvalue weighted by atomic mass is 10.1. The molecule has 0 radical (unpaired) electrons. The molecule has 1 aliphatic rings. The van der Waals surface area contributed by atoms with Crippen LogP contribution in [0, 0.1) is 0 Å². The van der Waals surface area contributed by atoms with E-state index in [-0.39, 0.29) is 0 Å². The first-order chi connectivity index (χ1) is 7.81. The number of nitrogens with zero attached hydrogens (tertiary/aromatic N) is 1. The molecule has 3 rings (SSSR count). The van der Waals surface area contributed by atoms with Crippen LogP contribution in [-0.4, -0.2) is 12.2 Å². The van der Waals surface area contributed by atoms with E-state index in [1.807, 2.05) is 13.1 Å². The van der Waals surface area contributed by atoms with Crippen LogP contribution in [-0.2, 0) is 13.0 Å². The summed E-state index contributed by atoms with van der Waals surface area (Å²) >= 11 is 3.58. The van der Waals surface area contributed by atoms with E-state index in [0.717, 1.165) is 28.9 Å². The van der Waals surface area contributed by atoms with Crippen LogP contribution in [0.15, 0.2) is 27.2 Å². The lowest BCUT2D eigenvalue weighted by Gasteiger charge is -2.00. The summed E-state index contributed by atoms with van der Waals surface area (Å²) < 4.78 is 6.58. The minimum atomic E-state index is 0.754. The number of benzene rings is 1. The number of halogens is 1. The molecule has 3 nitrogen and oxygen atoms in total. The highest BCUT2D eigenvalue weighted by molar-refractivity contribution is 9.10. The first-order valence-electron chi connectivity index (χ1n) is 5.21. The second-order valence-corrected chi connectivity index (χ2v) is 4.76. The molecule has 0 saturated heterocycles. The van der Waals surface area contributed by atoms with Crippen molar-refractivity contribution in [2.75, 3.05) is 7.05 Å². The molecular weight excluding hydrogens is 268 g/mol. The van der Waals surface area contributed by atoms with E-state index in [9.17, 15) is 0 Å². The Morgan fingerprint density at radius 3 is 3.12 bits per heavy atom. The van der Waals surface area contributed by atoms with Crippen molar-refractivity contribution in [3.63, 3.8) is 0 Å². The topological polar surface area (TPSA) is 38.1 Å². The second kappa shape index (κ2) is 3.71. The Morgan fingerprint density at radius 1 is 1.44 bits per heavy atom. The smallest absolute Gasteiger partial charge is 0.171 e. The zero-order valence-electron chi connectivity index (χ0n) is 8.88. The average molecular weight is 279 g/mol. The SMILES string of the molecule is CNCc1noc2c1Cc1c(Br)cccc1-2. The van der Waals surface area contributed by atoms with E-state index in [1.54, 1.807) is 0 Å². The minimum absolute atomic E-state index is 0.754. The third kappa shape index (κ3) is 1.33. The molecule has 82 valence electrons. The third-order valence-corrected chi connectivity index (χ3v) is 3.67. The van der Waals surface area contributed by atoms with Gasteiger partial charge in [0.2, 0.25) is 0 Å². The molecule has 1 aliphatic carbocycles. The summed E-state index contributed by atoms with van der Waals surface area (Å²) in [6.45, 7) is 0.754. The van der Waals surface area contributed by atoms with Gasteiger partial charge in [0, 0.05) is 28.6 Å². The normalized spacial score (nSPS) is 12.6. The standard InChI is InChI=1S/C12H11BrN2O/c1-14-6-11-9-5-8-7(12(9)16-15-11)3-2-4-10(8)13/h2-4,14H,5-6H2,1H3. The van der Waals surface area contributed by atoms with Gasteiger partial charge in [-0.25, -0.2) is 0 Å². The number of hydrogen-bond acceptors (Lipinski definition) is 3. The Kier molecular flexibility index (Phi) is 2.33. The second-order valence-electron chi connectivity index (χ2n) is 3.91. The highest BCUT2D eigenvalue weighted by Crippen LogP contribution is 2.41. The van der Waals surface area contributed by atoms with Crippen molar-refractivity contribution < 1.29 is 4.52 Å². The summed E-state index contributed by atoms with van der Waals surface area (Å²) in [6.07, 6.45) is 0.909. The summed E-state index contributed by atoms with van der Waals surface area (Å²) in [7, 11) is 1.92. The maximum absolute atomic E-state index is 5.43. The fraction of sp³-hybridized carbons (Fsp3) is 0.250. The van der Waals surface area contributed by atoms with Gasteiger partial charge in [-0.15, -0.1) is 0 Å². The molecule has 0 unspecified atom stereocenters. The molecule has 1 heterocycles. The molecule has 1 aromatic carbocycles. The molecule has 0 fully saturated rings. The van der Waals surface area contributed by atoms with Crippen molar-refractivity contribution in [3.8, 4) is 11.3 Å². The van der Waals surface area contributed by atoms with Crippen LogP contribution in [0.1, 0.15) is 16.8 Å². The molecule has 4 heteroatoms. The molecule has 1 N–H and O–H groups in total. The van der Waals surface area contributed by atoms with Crippen molar-refractivity contribution in [2.24, 2.45) is 0 Å². The van der Waals surface area contributed by atoms with Gasteiger partial charge in [0.25, 0.3) is 0 Å². The molecule has 0 aliphatic heterocycles. The summed E-state index contributed by atoms with van der Waals surface area (Å²) in [5, 5.41) is 7.21. The Bertz CT molecular complexity index is 548. The largest absolute Gasteiger partial charge is 0.356 e. The molecule has 2 aromatic rings. The quantitative estimate of drug-likeness (QED) is 0.783. The molecule has 16 heavy (non-hydrogen) atoms. The number of fused-ring (bicyclic) bond motifs is 3. The van der Waals surface area contributed by atoms with Gasteiger partial charge in [0.1, 0.15) is 5.69 Å². The molecule has 0 bridgehead atoms. The molecule has 0 amide bonds. The fourth-order valence-electron chi connectivity index (χ4n) is 2.17. The minimum Gasteiger partial charge on any atom is -0.356 e. The van der Waals surface area contributed by atoms with Gasteiger partial charge in [-0.3, -0.25) is 0 Å². The van der Waals surface area contributed by atoms with Gasteiger partial charge in [0.05, 0.1) is 0 Å². The molecule has 0 atom stereocenters. The van der Waals surface area contributed by atoms with Crippen molar-refractivity contribution in [2.45, 2.75) is 13.0 Å². The predicted molar refractivity (Wildman–Crippen MR) is 65.2 cm³/mol. The van der Waals surface area contributed by atoms with Crippen molar-refractivity contribution in [3.05, 3.63) is 39.5 Å². The maximum atomic E-state index is 5.43. The van der Waals surface area contributed by atoms with Gasteiger partial charge in [-0.1, -0.05) is 33.2 Å². The lowest BCUT2D eigenvalue weighted by Crippen LogP contribution is -2.07. The van der Waals surface area contributed by atoms with Gasteiger partial charge in [-0.2, -0.15) is 0 Å². The van der Waals surface area contributed by atoms with E-state index in [2.05, 4.69) is 38.5 Å². The fourth-order valence-corrected chi connectivity index (χ4v) is 2.68. The van der Waals surface area contributed by atoms with E-state index >= 15 is 0 Å². The van der Waals surface area contributed by atoms with E-state index < -0.39 is 0 Å². The lowest BCUT2D eigenvalue weighted by molar-refractivity contribution is 0.421. The van der Waals surface area contributed by atoms with Gasteiger partial charge in [-0.05, 0) is 18.7 Å². The number of rotatable bonds is 2. The summed E-state index contributed by atoms with van der Waals surface area (Å²) in [5.41, 5.74) is 4.70. The summed E-state index contributed by atoms with van der Waals surface area (Å²) in [5.74, 6) is 0.932. The number of aromatic nitrogens is 1. The Morgan fingerprint density at radius 2 is 2.31 bits per heavy atom. The molecule has 0 spiro atoms. The van der Waals surface area contributed by atoms with E-state index in [4.69, 9.17) is 4.52 Å². The van der Waals surface area contributed by atoms with Crippen molar-refractivity contribution >= 4 is 15.9 Å². The first-order valence-corrected chi connectivity index (χ1v) is 6.00. The zero-order chi connectivity index (χ0) is 11.1. The molecule has 0 saturated carbocycles. The van der Waals surface area contributed by atoms with Crippen LogP contribution in [0.2, 0.25) is 0 Å². The van der Waals surface area contributed by atoms with Crippen LogP contribution < -0.4 is 5.32 Å². The monoisotopic (exact) mass is 278 g/mol. The zero-order valence-corrected chi connectivity index (χ0v) is 10.5. The highest BCUT2D eigenvalue weighted by Gasteiger charge is 2.27. The van der Waals surface area contributed by atoms with Crippen LogP contribution in [0.5, 0.6) is 0 Å². The van der Waals surface area contributed by atoms with Crippen molar-refractivity contribution in [1.29, 1.82) is 0 Å². The average Bonchev–Trinajstić information content (AvgIpc) is 2.81. The van der Waals surface area contributed by atoms with Crippen LogP contribution in [0.25, 0.3) is 11.3 Å².